The highest BCUT2D eigenvalue weighted by molar-refractivity contribution is 7.09. The predicted molar refractivity (Wildman–Crippen MR) is 97.6 cm³/mol. The van der Waals surface area contributed by atoms with Gasteiger partial charge in [0.15, 0.2) is 0 Å². The lowest BCUT2D eigenvalue weighted by Crippen LogP contribution is -2.22. The largest absolute Gasteiger partial charge is 0.351 e. The van der Waals surface area contributed by atoms with Crippen molar-refractivity contribution in [2.75, 3.05) is 0 Å². The summed E-state index contributed by atoms with van der Waals surface area (Å²) in [5.74, 6) is 0.453. The monoisotopic (exact) mass is 355 g/mol. The van der Waals surface area contributed by atoms with Crippen molar-refractivity contribution in [3.8, 4) is 0 Å². The molecular weight excluding hydrogens is 334 g/mol. The van der Waals surface area contributed by atoms with Gasteiger partial charge in [0, 0.05) is 17.9 Å². The maximum absolute atomic E-state index is 12.1. The zero-order chi connectivity index (χ0) is 17.6. The molecule has 0 fully saturated rings. The van der Waals surface area contributed by atoms with Crippen LogP contribution in [0.2, 0.25) is 0 Å². The molecule has 2 heterocycles. The van der Waals surface area contributed by atoms with Gasteiger partial charge in [0.25, 0.3) is 5.91 Å². The van der Waals surface area contributed by atoms with Gasteiger partial charge in [0.1, 0.15) is 0 Å². The lowest BCUT2D eigenvalue weighted by molar-refractivity contribution is 0.0913. The summed E-state index contributed by atoms with van der Waals surface area (Å²) in [6.07, 6.45) is 1.60. The molecule has 2 aromatic heterocycles. The first-order valence-corrected chi connectivity index (χ1v) is 9.19. The van der Waals surface area contributed by atoms with Crippen molar-refractivity contribution >= 4 is 17.2 Å². The minimum Gasteiger partial charge on any atom is -0.351 e. The number of aromatic nitrogens is 2. The van der Waals surface area contributed by atoms with Crippen LogP contribution in [0, 0.1) is 5.92 Å². The van der Waals surface area contributed by atoms with E-state index in [1.807, 2.05) is 23.6 Å². The van der Waals surface area contributed by atoms with Crippen LogP contribution in [-0.2, 0) is 19.4 Å². The zero-order valence-corrected chi connectivity index (χ0v) is 15.2. The fourth-order valence-electron chi connectivity index (χ4n) is 2.47. The third kappa shape index (κ3) is 5.00. The van der Waals surface area contributed by atoms with Gasteiger partial charge in [0.2, 0.25) is 5.76 Å². The Bertz CT molecular complexity index is 824. The molecule has 130 valence electrons. The second-order valence-electron chi connectivity index (χ2n) is 6.36. The van der Waals surface area contributed by atoms with E-state index in [2.05, 4.69) is 41.4 Å². The number of carbonyl (C=O) groups excluding carboxylic acids is 1. The van der Waals surface area contributed by atoms with Crippen molar-refractivity contribution in [3.63, 3.8) is 0 Å². The molecule has 6 heteroatoms. The second kappa shape index (κ2) is 8.07. The Morgan fingerprint density at radius 3 is 2.80 bits per heavy atom. The average Bonchev–Trinajstić information content (AvgIpc) is 3.23. The molecule has 0 aliphatic heterocycles. The first-order chi connectivity index (χ1) is 12.1. The molecule has 0 saturated carbocycles. The van der Waals surface area contributed by atoms with Crippen LogP contribution >= 0.6 is 11.3 Å². The molecule has 1 aromatic carbocycles. The summed E-state index contributed by atoms with van der Waals surface area (Å²) in [5.41, 5.74) is 2.89. The lowest BCUT2D eigenvalue weighted by Gasteiger charge is -2.00. The van der Waals surface area contributed by atoms with Crippen molar-refractivity contribution in [1.82, 2.24) is 15.5 Å². The fraction of sp³-hybridized carbons (Fsp3) is 0.316. The van der Waals surface area contributed by atoms with Crippen molar-refractivity contribution in [3.05, 3.63) is 69.5 Å². The van der Waals surface area contributed by atoms with Crippen molar-refractivity contribution in [1.29, 1.82) is 0 Å². The van der Waals surface area contributed by atoms with Gasteiger partial charge >= 0.3 is 0 Å². The lowest BCUT2D eigenvalue weighted by atomic mass is 10.1. The van der Waals surface area contributed by atoms with Gasteiger partial charge in [-0.15, -0.1) is 11.3 Å². The normalized spacial score (nSPS) is 11.0. The van der Waals surface area contributed by atoms with Crippen LogP contribution in [0.4, 0.5) is 0 Å². The Kier molecular flexibility index (Phi) is 5.60. The number of hydrogen-bond donors (Lipinski definition) is 1. The molecule has 0 spiro atoms. The molecule has 0 bridgehead atoms. The summed E-state index contributed by atoms with van der Waals surface area (Å²) in [6.45, 7) is 4.58. The molecule has 0 radical (unpaired) electrons. The highest BCUT2D eigenvalue weighted by atomic mass is 32.1. The van der Waals surface area contributed by atoms with Gasteiger partial charge in [0.05, 0.1) is 22.9 Å². The molecule has 0 aliphatic rings. The van der Waals surface area contributed by atoms with Crippen molar-refractivity contribution in [2.45, 2.75) is 33.2 Å². The van der Waals surface area contributed by atoms with Gasteiger partial charge in [-0.1, -0.05) is 49.3 Å². The topological polar surface area (TPSA) is 68.0 Å². The van der Waals surface area contributed by atoms with E-state index in [4.69, 9.17) is 4.52 Å². The quantitative estimate of drug-likeness (QED) is 0.699. The molecule has 0 aliphatic carbocycles. The Morgan fingerprint density at radius 2 is 2.04 bits per heavy atom. The first kappa shape index (κ1) is 17.4. The number of nitrogens with one attached hydrogen (secondary N) is 1. The summed E-state index contributed by atoms with van der Waals surface area (Å²) in [4.78, 5) is 16.7. The van der Waals surface area contributed by atoms with Crippen molar-refractivity contribution < 1.29 is 9.32 Å². The van der Waals surface area contributed by atoms with Gasteiger partial charge in [-0.05, 0) is 17.9 Å². The minimum absolute atomic E-state index is 0.246. The third-order valence-corrected chi connectivity index (χ3v) is 4.53. The highest BCUT2D eigenvalue weighted by Gasteiger charge is 2.14. The number of thiazole rings is 1. The number of benzene rings is 1. The third-order valence-electron chi connectivity index (χ3n) is 3.63. The number of hydrogen-bond acceptors (Lipinski definition) is 5. The van der Waals surface area contributed by atoms with Crippen molar-refractivity contribution in [2.24, 2.45) is 5.92 Å². The molecular formula is C19H21N3O2S. The van der Waals surface area contributed by atoms with E-state index in [9.17, 15) is 4.79 Å². The fourth-order valence-corrected chi connectivity index (χ4v) is 3.30. The van der Waals surface area contributed by atoms with E-state index < -0.39 is 0 Å². The number of rotatable bonds is 7. The maximum atomic E-state index is 12.1. The van der Waals surface area contributed by atoms with Gasteiger partial charge in [-0.2, -0.15) is 0 Å². The Balaban J connectivity index is 1.53. The molecule has 1 N–H and O–H groups in total. The van der Waals surface area contributed by atoms with E-state index in [0.29, 0.717) is 12.5 Å². The van der Waals surface area contributed by atoms with Crippen LogP contribution in [0.5, 0.6) is 0 Å². The molecule has 3 aromatic rings. The minimum atomic E-state index is -0.264. The Hall–Kier alpha value is -2.47. The number of nitrogens with zero attached hydrogens (tertiary/aromatic N) is 2. The number of amides is 1. The summed E-state index contributed by atoms with van der Waals surface area (Å²) >= 11 is 1.60. The van der Waals surface area contributed by atoms with E-state index in [1.165, 1.54) is 5.56 Å². The summed E-state index contributed by atoms with van der Waals surface area (Å²) in [5, 5.41) is 9.78. The van der Waals surface area contributed by atoms with E-state index >= 15 is 0 Å². The molecule has 0 atom stereocenters. The van der Waals surface area contributed by atoms with Gasteiger partial charge in [-0.25, -0.2) is 4.98 Å². The molecule has 0 unspecified atom stereocenters. The van der Waals surface area contributed by atoms with Crippen LogP contribution in [0.3, 0.4) is 0 Å². The highest BCUT2D eigenvalue weighted by Crippen LogP contribution is 2.15. The SMILES string of the molecule is CC(C)Cc1cc(C(=O)NCc2csc(Cc3ccccc3)n2)on1. The Labute approximate surface area is 151 Å². The van der Waals surface area contributed by atoms with Crippen LogP contribution in [0.1, 0.15) is 46.4 Å². The smallest absolute Gasteiger partial charge is 0.290 e. The summed E-state index contributed by atoms with van der Waals surface area (Å²) in [7, 11) is 0. The van der Waals surface area contributed by atoms with Gasteiger partial charge < -0.3 is 9.84 Å². The zero-order valence-electron chi connectivity index (χ0n) is 14.4. The maximum Gasteiger partial charge on any atom is 0.290 e. The summed E-state index contributed by atoms with van der Waals surface area (Å²) < 4.78 is 5.12. The van der Waals surface area contributed by atoms with E-state index in [1.54, 1.807) is 17.4 Å². The first-order valence-electron chi connectivity index (χ1n) is 8.31. The molecule has 3 rings (SSSR count). The summed E-state index contributed by atoms with van der Waals surface area (Å²) in [6, 6.07) is 11.9. The molecule has 5 nitrogen and oxygen atoms in total. The van der Waals surface area contributed by atoms with E-state index in [-0.39, 0.29) is 11.7 Å². The van der Waals surface area contributed by atoms with Crippen LogP contribution in [0.15, 0.2) is 46.3 Å². The predicted octanol–water partition coefficient (Wildman–Crippen LogP) is 3.85. The molecule has 25 heavy (non-hydrogen) atoms. The van der Waals surface area contributed by atoms with Crippen LogP contribution in [-0.4, -0.2) is 16.0 Å². The number of carbonyl (C=O) groups is 1. The molecule has 0 saturated heterocycles. The Morgan fingerprint density at radius 1 is 1.24 bits per heavy atom. The molecule has 1 amide bonds. The second-order valence-corrected chi connectivity index (χ2v) is 7.30. The van der Waals surface area contributed by atoms with Crippen LogP contribution < -0.4 is 5.32 Å². The average molecular weight is 355 g/mol. The van der Waals surface area contributed by atoms with E-state index in [0.717, 1.165) is 29.2 Å². The van der Waals surface area contributed by atoms with Crippen LogP contribution in [0.25, 0.3) is 0 Å². The van der Waals surface area contributed by atoms with Gasteiger partial charge in [-0.3, -0.25) is 4.79 Å². The standard InChI is InChI=1S/C19H21N3O2S/c1-13(2)8-15-10-17(24-22-15)19(23)20-11-16-12-25-18(21-16)9-14-6-4-3-5-7-14/h3-7,10,12-13H,8-9,11H2,1-2H3,(H,20,23).